The van der Waals surface area contributed by atoms with Gasteiger partial charge >= 0.3 is 11.9 Å². The normalized spacial score (nSPS) is 12.2. The van der Waals surface area contributed by atoms with E-state index in [0.717, 1.165) is 43.8 Å². The van der Waals surface area contributed by atoms with Crippen molar-refractivity contribution < 1.29 is 38.7 Å². The minimum absolute atomic E-state index is 0.00315. The number of carbonyl (C=O) groups is 2. The van der Waals surface area contributed by atoms with Crippen LogP contribution in [0.4, 0.5) is 0 Å². The lowest BCUT2D eigenvalue weighted by atomic mass is 9.92. The molecule has 0 bridgehead atoms. The Kier molecular flexibility index (Phi) is 11.3. The summed E-state index contributed by atoms with van der Waals surface area (Å²) in [6.45, 7) is 0.00629. The van der Waals surface area contributed by atoms with E-state index in [1.807, 2.05) is 72.8 Å². The summed E-state index contributed by atoms with van der Waals surface area (Å²) >= 11 is 0. The average Bonchev–Trinajstić information content (AvgIpc) is 3.96. The standard InChI is InChI=1S/C46H40N6O8/c1-57-45(55)39(23-29-11-17-35(53)18-12-29)51-33(25-47-49-51)27-59-41-21-15-31-7-3-5-9-37(31)43(41)44-38-10-6-4-8-32(38)16-22-42(44)60-28-34-26-48-50-52(34)40(46(56)58-2)24-30-13-19-36(54)20-14-30/h3-22,25-26,39-40,53-54H,23-24,27-28H2,1-2H3/t39-,40-/m0/s1. The van der Waals surface area contributed by atoms with Crippen molar-refractivity contribution in [3.8, 4) is 34.1 Å². The van der Waals surface area contributed by atoms with E-state index in [1.54, 1.807) is 60.9 Å². The van der Waals surface area contributed by atoms with Gasteiger partial charge in [0.05, 0.1) is 38.0 Å². The topological polar surface area (TPSA) is 173 Å². The number of carbonyl (C=O) groups excluding carboxylic acids is 2. The Labute approximate surface area is 344 Å². The predicted octanol–water partition coefficient (Wildman–Crippen LogP) is 7.33. The molecular weight excluding hydrogens is 765 g/mol. The van der Waals surface area contributed by atoms with E-state index in [-0.39, 0.29) is 37.6 Å². The number of fused-ring (bicyclic) bond motifs is 2. The fourth-order valence-corrected chi connectivity index (χ4v) is 7.35. The molecule has 8 rings (SSSR count). The molecule has 0 aliphatic heterocycles. The lowest BCUT2D eigenvalue weighted by Crippen LogP contribution is -2.26. The van der Waals surface area contributed by atoms with Crippen molar-refractivity contribution in [3.05, 3.63) is 156 Å². The van der Waals surface area contributed by atoms with E-state index in [1.165, 1.54) is 23.6 Å². The van der Waals surface area contributed by atoms with Gasteiger partial charge in [0.1, 0.15) is 36.2 Å². The predicted molar refractivity (Wildman–Crippen MR) is 221 cm³/mol. The lowest BCUT2D eigenvalue weighted by Gasteiger charge is -2.21. The summed E-state index contributed by atoms with van der Waals surface area (Å²) in [5, 5.41) is 40.2. The molecule has 0 saturated carbocycles. The molecule has 2 atom stereocenters. The summed E-state index contributed by atoms with van der Waals surface area (Å²) in [6.07, 6.45) is 3.60. The van der Waals surface area contributed by atoms with Gasteiger partial charge in [-0.05, 0) is 69.1 Å². The highest BCUT2D eigenvalue weighted by Gasteiger charge is 2.28. The first-order valence-electron chi connectivity index (χ1n) is 19.1. The lowest BCUT2D eigenvalue weighted by molar-refractivity contribution is -0.145. The van der Waals surface area contributed by atoms with Crippen LogP contribution in [0.2, 0.25) is 0 Å². The number of aromatic hydroxyl groups is 2. The first-order valence-corrected chi connectivity index (χ1v) is 19.1. The third-order valence-electron chi connectivity index (χ3n) is 10.3. The number of methoxy groups -OCH3 is 2. The molecular formula is C46H40N6O8. The van der Waals surface area contributed by atoms with Gasteiger partial charge in [-0.25, -0.2) is 19.0 Å². The molecule has 0 aliphatic rings. The second kappa shape index (κ2) is 17.4. The smallest absolute Gasteiger partial charge is 0.331 e. The molecule has 60 heavy (non-hydrogen) atoms. The maximum atomic E-state index is 13.1. The molecule has 14 heteroatoms. The molecule has 2 aromatic heterocycles. The number of nitrogens with zero attached hydrogens (tertiary/aromatic N) is 6. The zero-order valence-electron chi connectivity index (χ0n) is 32.7. The molecule has 0 unspecified atom stereocenters. The van der Waals surface area contributed by atoms with Crippen LogP contribution in [0.3, 0.4) is 0 Å². The minimum Gasteiger partial charge on any atom is -0.508 e. The fourth-order valence-electron chi connectivity index (χ4n) is 7.35. The number of aromatic nitrogens is 6. The van der Waals surface area contributed by atoms with Gasteiger partial charge in [0, 0.05) is 24.0 Å². The molecule has 302 valence electrons. The number of hydrogen-bond acceptors (Lipinski definition) is 12. The van der Waals surface area contributed by atoms with Crippen LogP contribution in [0.25, 0.3) is 32.7 Å². The molecule has 14 nitrogen and oxygen atoms in total. The highest BCUT2D eigenvalue weighted by molar-refractivity contribution is 6.09. The van der Waals surface area contributed by atoms with Gasteiger partial charge in [0.25, 0.3) is 0 Å². The zero-order valence-corrected chi connectivity index (χ0v) is 32.7. The Balaban J connectivity index is 1.16. The minimum atomic E-state index is -0.849. The van der Waals surface area contributed by atoms with Crippen LogP contribution in [0.5, 0.6) is 23.0 Å². The van der Waals surface area contributed by atoms with Crippen LogP contribution >= 0.6 is 0 Å². The molecule has 2 heterocycles. The van der Waals surface area contributed by atoms with Crippen molar-refractivity contribution in [2.75, 3.05) is 14.2 Å². The van der Waals surface area contributed by atoms with Crippen molar-refractivity contribution in [2.24, 2.45) is 0 Å². The second-order valence-electron chi connectivity index (χ2n) is 14.1. The second-order valence-corrected chi connectivity index (χ2v) is 14.1. The van der Waals surface area contributed by atoms with Gasteiger partial charge in [-0.2, -0.15) is 0 Å². The summed E-state index contributed by atoms with van der Waals surface area (Å²) < 4.78 is 26.7. The van der Waals surface area contributed by atoms with Gasteiger partial charge in [-0.15, -0.1) is 10.2 Å². The van der Waals surface area contributed by atoms with E-state index < -0.39 is 24.0 Å². The van der Waals surface area contributed by atoms with E-state index in [4.69, 9.17) is 18.9 Å². The Morgan fingerprint density at radius 3 is 1.35 bits per heavy atom. The molecule has 0 amide bonds. The average molecular weight is 805 g/mol. The first-order chi connectivity index (χ1) is 29.3. The molecule has 0 radical (unpaired) electrons. The quantitative estimate of drug-likeness (QED) is 0.0991. The van der Waals surface area contributed by atoms with Crippen molar-refractivity contribution in [1.82, 2.24) is 30.0 Å². The van der Waals surface area contributed by atoms with E-state index in [0.29, 0.717) is 22.9 Å². The van der Waals surface area contributed by atoms with Gasteiger partial charge in [0.15, 0.2) is 12.1 Å². The molecule has 0 fully saturated rings. The van der Waals surface area contributed by atoms with Crippen molar-refractivity contribution in [3.63, 3.8) is 0 Å². The maximum absolute atomic E-state index is 13.1. The van der Waals surface area contributed by atoms with Crippen LogP contribution in [-0.2, 0) is 45.1 Å². The van der Waals surface area contributed by atoms with E-state index in [9.17, 15) is 19.8 Å². The number of ether oxygens (including phenoxy) is 4. The Bertz CT molecular complexity index is 2590. The summed E-state index contributed by atoms with van der Waals surface area (Å²) in [5.41, 5.74) is 4.21. The summed E-state index contributed by atoms with van der Waals surface area (Å²) in [4.78, 5) is 26.3. The van der Waals surface area contributed by atoms with Crippen molar-refractivity contribution in [2.45, 2.75) is 38.1 Å². The van der Waals surface area contributed by atoms with Crippen LogP contribution < -0.4 is 9.47 Å². The Morgan fingerprint density at radius 2 is 0.950 bits per heavy atom. The highest BCUT2D eigenvalue weighted by Crippen LogP contribution is 2.46. The maximum Gasteiger partial charge on any atom is 0.331 e. The third-order valence-corrected chi connectivity index (χ3v) is 10.3. The van der Waals surface area contributed by atoms with Gasteiger partial charge < -0.3 is 29.2 Å². The van der Waals surface area contributed by atoms with E-state index in [2.05, 4.69) is 20.6 Å². The number of esters is 2. The van der Waals surface area contributed by atoms with Crippen molar-refractivity contribution in [1.29, 1.82) is 0 Å². The van der Waals surface area contributed by atoms with Crippen LogP contribution in [0.15, 0.2) is 134 Å². The molecule has 8 aromatic rings. The molecule has 0 aliphatic carbocycles. The van der Waals surface area contributed by atoms with Gasteiger partial charge in [-0.3, -0.25) is 0 Å². The van der Waals surface area contributed by atoms with Gasteiger partial charge in [-0.1, -0.05) is 95.4 Å². The highest BCUT2D eigenvalue weighted by atomic mass is 16.5. The third kappa shape index (κ3) is 8.16. The van der Waals surface area contributed by atoms with Gasteiger partial charge in [0.2, 0.25) is 0 Å². The number of phenolic OH excluding ortho intramolecular Hbond substituents is 2. The Morgan fingerprint density at radius 1 is 0.550 bits per heavy atom. The zero-order chi connectivity index (χ0) is 41.6. The monoisotopic (exact) mass is 804 g/mol. The van der Waals surface area contributed by atoms with Crippen LogP contribution in [-0.4, -0.2) is 66.4 Å². The summed E-state index contributed by atoms with van der Waals surface area (Å²) in [7, 11) is 2.65. The van der Waals surface area contributed by atoms with E-state index >= 15 is 0 Å². The molecule has 0 spiro atoms. The van der Waals surface area contributed by atoms with Crippen LogP contribution in [0.1, 0.15) is 34.6 Å². The largest absolute Gasteiger partial charge is 0.508 e. The number of hydrogen-bond donors (Lipinski definition) is 2. The molecule has 6 aromatic carbocycles. The fraction of sp³-hybridized carbons (Fsp3) is 0.174. The summed E-state index contributed by atoms with van der Waals surface area (Å²) in [5.74, 6) is 0.311. The molecule has 2 N–H and O–H groups in total. The van der Waals surface area contributed by atoms with Crippen LogP contribution in [0, 0.1) is 0 Å². The number of rotatable bonds is 15. The molecule has 0 saturated heterocycles. The SMILES string of the molecule is COC(=O)[C@H](Cc1ccc(O)cc1)n1nncc1COc1ccc2ccccc2c1-c1c(OCc2cnnn2[C@@H](Cc2ccc(O)cc2)C(=O)OC)ccc2ccccc12. The summed E-state index contributed by atoms with van der Waals surface area (Å²) in [6, 6.07) is 35.3. The number of phenols is 2. The first kappa shape index (κ1) is 39.1. The van der Waals surface area contributed by atoms with Crippen molar-refractivity contribution >= 4 is 33.5 Å². The Hall–Kier alpha value is -7.74. The number of benzene rings is 6.